The number of anilines is 2. The van der Waals surface area contributed by atoms with Crippen molar-refractivity contribution >= 4 is 81.4 Å². The Bertz CT molecular complexity index is 3360. The molecule has 3 aliphatic rings. The van der Waals surface area contributed by atoms with Crippen molar-refractivity contribution in [3.8, 4) is 17.2 Å². The van der Waals surface area contributed by atoms with E-state index in [4.69, 9.17) is 53.8 Å². The summed E-state index contributed by atoms with van der Waals surface area (Å²) >= 11 is 18.9. The number of nitrogens with zero attached hydrogens (tertiary/aromatic N) is 10. The molecule has 2 aliphatic heterocycles. The Kier molecular flexibility index (Phi) is 16.2. The summed E-state index contributed by atoms with van der Waals surface area (Å²) < 4.78 is 23.1. The first-order chi connectivity index (χ1) is 36.6. The van der Waals surface area contributed by atoms with E-state index in [0.717, 1.165) is 53.8 Å². The first kappa shape index (κ1) is 52.9. The van der Waals surface area contributed by atoms with Gasteiger partial charge in [-0.1, -0.05) is 107 Å². The maximum absolute atomic E-state index is 13.8. The predicted molar refractivity (Wildman–Crippen MR) is 287 cm³/mol. The predicted octanol–water partition coefficient (Wildman–Crippen LogP) is 10.8. The maximum atomic E-state index is 13.8. The fourth-order valence-corrected chi connectivity index (χ4v) is 9.70. The minimum absolute atomic E-state index is 0.0180. The van der Waals surface area contributed by atoms with E-state index in [2.05, 4.69) is 30.6 Å². The highest BCUT2D eigenvalue weighted by Crippen LogP contribution is 2.40. The summed E-state index contributed by atoms with van der Waals surface area (Å²) in [5, 5.41) is 29.6. The van der Waals surface area contributed by atoms with Crippen LogP contribution in [0.15, 0.2) is 125 Å². The summed E-state index contributed by atoms with van der Waals surface area (Å²) in [5.74, 6) is -0.426. The fraction of sp³-hybridized carbons (Fsp3) is 0.273. The van der Waals surface area contributed by atoms with Crippen molar-refractivity contribution in [2.45, 2.75) is 84.9 Å². The third-order valence-electron chi connectivity index (χ3n) is 12.5. The van der Waals surface area contributed by atoms with Gasteiger partial charge >= 0.3 is 11.9 Å². The second kappa shape index (κ2) is 23.3. The molecule has 4 heterocycles. The lowest BCUT2D eigenvalue weighted by molar-refractivity contribution is -0.120. The van der Waals surface area contributed by atoms with Crippen molar-refractivity contribution in [3.63, 3.8) is 0 Å². The van der Waals surface area contributed by atoms with Gasteiger partial charge in [0.05, 0.1) is 27.1 Å². The Labute approximate surface area is 452 Å². The van der Waals surface area contributed by atoms with E-state index < -0.39 is 29.9 Å². The molecule has 2 atom stereocenters. The van der Waals surface area contributed by atoms with Crippen LogP contribution in [0.1, 0.15) is 93.2 Å². The van der Waals surface area contributed by atoms with E-state index in [9.17, 15) is 19.2 Å². The third kappa shape index (κ3) is 11.9. The van der Waals surface area contributed by atoms with Gasteiger partial charge in [-0.3, -0.25) is 9.59 Å². The Hall–Kier alpha value is -7.93. The van der Waals surface area contributed by atoms with Gasteiger partial charge in [-0.05, 0) is 126 Å². The number of aryl methyl sites for hydroxylation is 5. The average molecular weight is 1090 g/mol. The molecule has 0 N–H and O–H groups in total. The number of rotatable bonds is 14. The molecule has 0 bridgehead atoms. The SMILES string of the molecule is Cc1ccc(OCC2=NN(c3ccccc3)C(=O)C2n2nc(C)c(C(=O)Oc3ccccc3)n2)c(C)c1.Cc1cccc(OCC2=NN(c3c(Cl)cc(Cl)cc3Cl)C(=O)C2n2nc(C)c(C(=O)OC3CCCCC3)n2)c1. The first-order valence-electron chi connectivity index (χ1n) is 24.4. The van der Waals surface area contributed by atoms with Crippen molar-refractivity contribution in [1.29, 1.82) is 0 Å². The number of aromatic nitrogens is 6. The van der Waals surface area contributed by atoms with E-state index in [1.165, 1.54) is 26.7 Å². The molecule has 1 saturated carbocycles. The molecule has 2 amide bonds. The summed E-state index contributed by atoms with van der Waals surface area (Å²) in [6.45, 7) is 9.18. The Morgan fingerprint density at radius 3 is 1.75 bits per heavy atom. The van der Waals surface area contributed by atoms with Gasteiger partial charge in [-0.15, -0.1) is 10.2 Å². The van der Waals surface area contributed by atoms with Gasteiger partial charge in [0, 0.05) is 5.02 Å². The molecule has 7 aromatic rings. The highest BCUT2D eigenvalue weighted by atomic mass is 35.5. The molecular weight excluding hydrogens is 1040 g/mol. The number of benzene rings is 5. The number of hydrazone groups is 2. The summed E-state index contributed by atoms with van der Waals surface area (Å²) in [6.07, 6.45) is 4.68. The van der Waals surface area contributed by atoms with Crippen LogP contribution >= 0.6 is 34.8 Å². The number of amides is 2. The van der Waals surface area contributed by atoms with Crippen LogP contribution in [0.25, 0.3) is 0 Å². The van der Waals surface area contributed by atoms with E-state index in [0.29, 0.717) is 50.8 Å². The van der Waals surface area contributed by atoms with E-state index in [1.807, 2.05) is 81.4 Å². The van der Waals surface area contributed by atoms with Crippen LogP contribution in [0.4, 0.5) is 11.4 Å². The second-order valence-electron chi connectivity index (χ2n) is 18.3. The van der Waals surface area contributed by atoms with E-state index in [-0.39, 0.29) is 52.3 Å². The third-order valence-corrected chi connectivity index (χ3v) is 13.3. The number of ether oxygens (including phenoxy) is 4. The zero-order chi connectivity index (χ0) is 53.6. The van der Waals surface area contributed by atoms with Crippen LogP contribution in [0, 0.1) is 34.6 Å². The molecule has 21 heteroatoms. The quantitative estimate of drug-likeness (QED) is 0.0739. The van der Waals surface area contributed by atoms with Gasteiger partial charge in [0.15, 0.2) is 23.5 Å². The van der Waals surface area contributed by atoms with Crippen molar-refractivity contribution in [1.82, 2.24) is 30.0 Å². The second-order valence-corrected chi connectivity index (χ2v) is 19.5. The largest absolute Gasteiger partial charge is 0.487 e. The number of para-hydroxylation sites is 2. The van der Waals surface area contributed by atoms with Gasteiger partial charge in [-0.2, -0.15) is 40.0 Å². The molecule has 0 radical (unpaired) electrons. The molecule has 76 heavy (non-hydrogen) atoms. The standard InChI is InChI=1S/C28H25N5O4.C27H26Cl3N5O4/c1-18-14-15-24(19(2)16-18)36-17-23-26(27(34)32(30-23)21-10-6-4-7-11-21)33-29-20(3)25(31-33)28(35)37-22-12-8-5-9-13-22;1-15-7-6-10-19(11-15)38-14-22-25(26(36)34(32-22)24-20(29)12-17(28)13-21(24)30)35-31-16(2)23(33-35)27(37)39-18-8-4-3-5-9-18/h4-16,26H,17H2,1-3H3;6-7,10-13,18,25H,3-5,8-9,14H2,1-2H3. The summed E-state index contributed by atoms with van der Waals surface area (Å²) in [7, 11) is 0. The smallest absolute Gasteiger partial charge is 0.366 e. The highest BCUT2D eigenvalue weighted by Gasteiger charge is 2.43. The number of hydrogen-bond acceptors (Lipinski definition) is 14. The average Bonchev–Trinajstić information content (AvgIpc) is 4.16. The van der Waals surface area contributed by atoms with Crippen molar-refractivity contribution in [2.24, 2.45) is 10.2 Å². The number of halogens is 3. The summed E-state index contributed by atoms with van der Waals surface area (Å²) in [6, 6.07) is 32.0. The van der Waals surface area contributed by atoms with Crippen LogP contribution < -0.4 is 24.2 Å². The molecule has 2 unspecified atom stereocenters. The summed E-state index contributed by atoms with van der Waals surface area (Å²) in [4.78, 5) is 55.5. The minimum Gasteiger partial charge on any atom is -0.487 e. The maximum Gasteiger partial charge on any atom is 0.366 e. The number of hydrogen-bond donors (Lipinski definition) is 0. The highest BCUT2D eigenvalue weighted by molar-refractivity contribution is 6.43. The zero-order valence-corrected chi connectivity index (χ0v) is 44.3. The molecule has 0 saturated heterocycles. The molecular formula is C55H51Cl3N10O8. The van der Waals surface area contributed by atoms with Crippen molar-refractivity contribution < 1.29 is 38.1 Å². The topological polar surface area (TPSA) is 198 Å². The molecule has 5 aromatic carbocycles. The molecule has 2 aromatic heterocycles. The van der Waals surface area contributed by atoms with Gasteiger partial charge in [-0.25, -0.2) is 9.59 Å². The monoisotopic (exact) mass is 1080 g/mol. The van der Waals surface area contributed by atoms with Crippen LogP contribution in [0.3, 0.4) is 0 Å². The summed E-state index contributed by atoms with van der Waals surface area (Å²) in [5.41, 5.74) is 5.33. The van der Waals surface area contributed by atoms with E-state index >= 15 is 0 Å². The van der Waals surface area contributed by atoms with Gasteiger partial charge in [0.1, 0.15) is 53.7 Å². The van der Waals surface area contributed by atoms with Crippen LogP contribution in [0.5, 0.6) is 17.2 Å². The lowest BCUT2D eigenvalue weighted by Gasteiger charge is -2.21. The minimum atomic E-state index is -1.10. The lowest BCUT2D eigenvalue weighted by atomic mass is 9.98. The van der Waals surface area contributed by atoms with Gasteiger partial charge in [0.25, 0.3) is 11.8 Å². The lowest BCUT2D eigenvalue weighted by Crippen LogP contribution is -2.33. The van der Waals surface area contributed by atoms with Gasteiger partial charge < -0.3 is 18.9 Å². The normalized spacial score (nSPS) is 16.5. The van der Waals surface area contributed by atoms with Crippen molar-refractivity contribution in [3.05, 3.63) is 170 Å². The van der Waals surface area contributed by atoms with Crippen LogP contribution in [-0.2, 0) is 14.3 Å². The Morgan fingerprint density at radius 1 is 0.579 bits per heavy atom. The van der Waals surface area contributed by atoms with Crippen LogP contribution in [-0.4, -0.2) is 84.5 Å². The number of esters is 2. The Morgan fingerprint density at radius 2 is 1.13 bits per heavy atom. The number of carbonyl (C=O) groups excluding carboxylic acids is 4. The van der Waals surface area contributed by atoms with Crippen LogP contribution in [0.2, 0.25) is 15.1 Å². The molecule has 1 fully saturated rings. The first-order valence-corrected chi connectivity index (χ1v) is 25.5. The Balaban J connectivity index is 0.000000186. The number of carbonyl (C=O) groups is 4. The van der Waals surface area contributed by atoms with Crippen molar-refractivity contribution in [2.75, 3.05) is 23.2 Å². The molecule has 18 nitrogen and oxygen atoms in total. The molecule has 0 spiro atoms. The molecule has 1 aliphatic carbocycles. The molecule has 390 valence electrons. The van der Waals surface area contributed by atoms with Gasteiger partial charge in [0.2, 0.25) is 0 Å². The fourth-order valence-electron chi connectivity index (χ4n) is 8.73. The zero-order valence-electron chi connectivity index (χ0n) is 42.0. The molecule has 10 rings (SSSR count). The van der Waals surface area contributed by atoms with E-state index in [1.54, 1.807) is 56.3 Å².